The third kappa shape index (κ3) is 7.02. The van der Waals surface area contributed by atoms with Crippen LogP contribution in [0.25, 0.3) is 0 Å². The highest BCUT2D eigenvalue weighted by Crippen LogP contribution is 2.34. The van der Waals surface area contributed by atoms with Crippen LogP contribution in [-0.2, 0) is 4.79 Å². The summed E-state index contributed by atoms with van der Waals surface area (Å²) in [4.78, 5) is 15.3. The highest BCUT2D eigenvalue weighted by Gasteiger charge is 2.30. The normalized spacial score (nSPS) is 18.3. The largest absolute Gasteiger partial charge is 0.497 e. The lowest BCUT2D eigenvalue weighted by Gasteiger charge is -2.29. The smallest absolute Gasteiger partial charge is 0.223 e. The van der Waals surface area contributed by atoms with Crippen LogP contribution in [0.1, 0.15) is 36.0 Å². The number of rotatable bonds is 11. The average molecular weight is 533 g/mol. The second-order valence-corrected chi connectivity index (χ2v) is 9.95. The van der Waals surface area contributed by atoms with Crippen LogP contribution in [0, 0.1) is 0 Å². The second kappa shape index (κ2) is 12.9. The Morgan fingerprint density at radius 2 is 1.77 bits per heavy atom. The number of ether oxygens (including phenoxy) is 4. The predicted molar refractivity (Wildman–Crippen MR) is 148 cm³/mol. The number of methoxy groups -OCH3 is 1. The molecule has 0 spiro atoms. The molecule has 0 aromatic heterocycles. The molecule has 8 nitrogen and oxygen atoms in total. The Bertz CT molecular complexity index is 1220. The SMILES string of the molecule is COc1ccc(OCCC(=O)N[C@H](CN2CC[C@H](c3ccccc3)C2)[C@H](O)c2ccc3c(c2)OCCO3)cc1. The topological polar surface area (TPSA) is 89.5 Å². The summed E-state index contributed by atoms with van der Waals surface area (Å²) in [5.41, 5.74) is 2.00. The minimum atomic E-state index is -0.914. The van der Waals surface area contributed by atoms with Crippen molar-refractivity contribution in [2.75, 3.05) is 46.6 Å². The summed E-state index contributed by atoms with van der Waals surface area (Å²) in [6.07, 6.45) is 0.298. The highest BCUT2D eigenvalue weighted by molar-refractivity contribution is 5.76. The molecule has 3 aromatic rings. The molecule has 0 unspecified atom stereocenters. The van der Waals surface area contributed by atoms with Crippen LogP contribution in [0.4, 0.5) is 0 Å². The fraction of sp³-hybridized carbons (Fsp3) is 0.387. The highest BCUT2D eigenvalue weighted by atomic mass is 16.6. The van der Waals surface area contributed by atoms with Gasteiger partial charge in [0, 0.05) is 13.1 Å². The van der Waals surface area contributed by atoms with Gasteiger partial charge in [0.2, 0.25) is 5.91 Å². The van der Waals surface area contributed by atoms with Crippen LogP contribution in [-0.4, -0.2) is 68.5 Å². The van der Waals surface area contributed by atoms with E-state index in [4.69, 9.17) is 18.9 Å². The van der Waals surface area contributed by atoms with Gasteiger partial charge in [-0.2, -0.15) is 0 Å². The molecule has 3 atom stereocenters. The first-order valence-electron chi connectivity index (χ1n) is 13.5. The van der Waals surface area contributed by atoms with E-state index >= 15 is 0 Å². The number of carbonyl (C=O) groups excluding carboxylic acids is 1. The van der Waals surface area contributed by atoms with Gasteiger partial charge in [-0.25, -0.2) is 0 Å². The Morgan fingerprint density at radius 1 is 1.03 bits per heavy atom. The molecule has 8 heteroatoms. The molecule has 0 saturated carbocycles. The van der Waals surface area contributed by atoms with Crippen molar-refractivity contribution in [2.24, 2.45) is 0 Å². The van der Waals surface area contributed by atoms with Gasteiger partial charge in [-0.3, -0.25) is 4.79 Å². The van der Waals surface area contributed by atoms with Crippen LogP contribution in [0.15, 0.2) is 72.8 Å². The maximum atomic E-state index is 13.0. The van der Waals surface area contributed by atoms with Crippen molar-refractivity contribution in [3.63, 3.8) is 0 Å². The molecule has 3 aromatic carbocycles. The molecule has 2 aliphatic heterocycles. The molecule has 2 N–H and O–H groups in total. The van der Waals surface area contributed by atoms with Crippen LogP contribution in [0.2, 0.25) is 0 Å². The number of nitrogens with zero attached hydrogens (tertiary/aromatic N) is 1. The Balaban J connectivity index is 1.23. The van der Waals surface area contributed by atoms with Gasteiger partial charge in [0.05, 0.1) is 26.2 Å². The summed E-state index contributed by atoms with van der Waals surface area (Å²) >= 11 is 0. The van der Waals surface area contributed by atoms with E-state index in [1.165, 1.54) is 5.56 Å². The first-order chi connectivity index (χ1) is 19.1. The van der Waals surface area contributed by atoms with Crippen LogP contribution in [0.5, 0.6) is 23.0 Å². The number of likely N-dealkylation sites (tertiary alicyclic amines) is 1. The zero-order valence-corrected chi connectivity index (χ0v) is 22.3. The standard InChI is InChI=1S/C31H36N2O6/c1-36-25-8-10-26(11-9-25)37-16-14-30(34)32-27(21-33-15-13-24(20-33)22-5-3-2-4-6-22)31(35)23-7-12-28-29(19-23)39-18-17-38-28/h2-12,19,24,27,31,35H,13-18,20-21H2,1H3,(H,32,34)/t24-,27+,31+/m0/s1. The summed E-state index contributed by atoms with van der Waals surface area (Å²) in [7, 11) is 1.61. The maximum absolute atomic E-state index is 13.0. The fourth-order valence-corrected chi connectivity index (χ4v) is 5.19. The Kier molecular flexibility index (Phi) is 8.85. The van der Waals surface area contributed by atoms with Crippen molar-refractivity contribution in [1.82, 2.24) is 10.2 Å². The zero-order valence-electron chi connectivity index (χ0n) is 22.3. The average Bonchev–Trinajstić information content (AvgIpc) is 3.45. The van der Waals surface area contributed by atoms with Crippen molar-refractivity contribution in [1.29, 1.82) is 0 Å². The van der Waals surface area contributed by atoms with Crippen LogP contribution in [0.3, 0.4) is 0 Å². The lowest BCUT2D eigenvalue weighted by molar-refractivity contribution is -0.123. The number of hydrogen-bond donors (Lipinski definition) is 2. The quantitative estimate of drug-likeness (QED) is 0.387. The molecule has 0 radical (unpaired) electrons. The van der Waals surface area contributed by atoms with E-state index in [9.17, 15) is 9.90 Å². The molecule has 39 heavy (non-hydrogen) atoms. The first-order valence-corrected chi connectivity index (χ1v) is 13.5. The van der Waals surface area contributed by atoms with Gasteiger partial charge in [-0.15, -0.1) is 0 Å². The van der Waals surface area contributed by atoms with Gasteiger partial charge in [-0.1, -0.05) is 36.4 Å². The van der Waals surface area contributed by atoms with Crippen LogP contribution < -0.4 is 24.3 Å². The van der Waals surface area contributed by atoms with E-state index in [2.05, 4.69) is 34.5 Å². The fourth-order valence-electron chi connectivity index (χ4n) is 5.19. The van der Waals surface area contributed by atoms with E-state index in [1.54, 1.807) is 7.11 Å². The lowest BCUT2D eigenvalue weighted by Crippen LogP contribution is -2.47. The molecule has 2 heterocycles. The van der Waals surface area contributed by atoms with Gasteiger partial charge in [0.25, 0.3) is 0 Å². The number of benzene rings is 3. The van der Waals surface area contributed by atoms with Gasteiger partial charge in [-0.05, 0) is 66.4 Å². The van der Waals surface area contributed by atoms with E-state index in [1.807, 2.05) is 48.5 Å². The molecule has 0 bridgehead atoms. The van der Waals surface area contributed by atoms with Crippen LogP contribution >= 0.6 is 0 Å². The third-order valence-corrected chi connectivity index (χ3v) is 7.29. The van der Waals surface area contributed by atoms with Crippen molar-refractivity contribution in [2.45, 2.75) is 30.9 Å². The number of hydrogen-bond acceptors (Lipinski definition) is 7. The van der Waals surface area contributed by atoms with E-state index < -0.39 is 12.1 Å². The lowest BCUT2D eigenvalue weighted by atomic mass is 9.98. The van der Waals surface area contributed by atoms with Gasteiger partial charge < -0.3 is 34.3 Å². The number of amides is 1. The Morgan fingerprint density at radius 3 is 2.54 bits per heavy atom. The Labute approximate surface area is 229 Å². The molecule has 0 aliphatic carbocycles. The predicted octanol–water partition coefficient (Wildman–Crippen LogP) is 3.94. The number of nitrogens with one attached hydrogen (secondary N) is 1. The molecular formula is C31H36N2O6. The first kappa shape index (κ1) is 26.8. The minimum Gasteiger partial charge on any atom is -0.497 e. The van der Waals surface area contributed by atoms with Gasteiger partial charge >= 0.3 is 0 Å². The number of aliphatic hydroxyl groups excluding tert-OH is 1. The molecule has 1 saturated heterocycles. The summed E-state index contributed by atoms with van der Waals surface area (Å²) in [5, 5.41) is 14.5. The minimum absolute atomic E-state index is 0.170. The molecule has 206 valence electrons. The Hall–Kier alpha value is -3.75. The summed E-state index contributed by atoms with van der Waals surface area (Å²) in [6, 6.07) is 22.7. The summed E-state index contributed by atoms with van der Waals surface area (Å²) < 4.78 is 22.3. The van der Waals surface area contributed by atoms with Gasteiger partial charge in [0.15, 0.2) is 11.5 Å². The van der Waals surface area contributed by atoms with E-state index in [-0.39, 0.29) is 18.9 Å². The molecule has 1 fully saturated rings. The summed E-state index contributed by atoms with van der Waals surface area (Å²) in [6.45, 7) is 3.51. The third-order valence-electron chi connectivity index (χ3n) is 7.29. The zero-order chi connectivity index (χ0) is 27.0. The number of aliphatic hydroxyl groups is 1. The van der Waals surface area contributed by atoms with Crippen molar-refractivity contribution < 1.29 is 28.8 Å². The van der Waals surface area contributed by atoms with Crippen molar-refractivity contribution in [3.05, 3.63) is 83.9 Å². The number of carbonyl (C=O) groups is 1. The van der Waals surface area contributed by atoms with E-state index in [0.717, 1.165) is 25.3 Å². The van der Waals surface area contributed by atoms with E-state index in [0.29, 0.717) is 48.5 Å². The summed E-state index contributed by atoms with van der Waals surface area (Å²) in [5.74, 6) is 2.95. The molecule has 2 aliphatic rings. The maximum Gasteiger partial charge on any atom is 0.223 e. The number of fused-ring (bicyclic) bond motifs is 1. The van der Waals surface area contributed by atoms with Crippen molar-refractivity contribution in [3.8, 4) is 23.0 Å². The second-order valence-electron chi connectivity index (χ2n) is 9.95. The molecule has 5 rings (SSSR count). The van der Waals surface area contributed by atoms with Crippen molar-refractivity contribution >= 4 is 5.91 Å². The molecule has 1 amide bonds. The van der Waals surface area contributed by atoms with Gasteiger partial charge in [0.1, 0.15) is 30.8 Å². The molecular weight excluding hydrogens is 496 g/mol. The monoisotopic (exact) mass is 532 g/mol.